The first-order chi connectivity index (χ1) is 34.6. The predicted molar refractivity (Wildman–Crippen MR) is 307 cm³/mol. The van der Waals surface area contributed by atoms with Crippen molar-refractivity contribution in [2.45, 2.75) is 25.7 Å². The summed E-state index contributed by atoms with van der Waals surface area (Å²) in [6.45, 7) is 2.39. The molecule has 14 rings (SSSR count). The maximum absolute atomic E-state index is 5.78. The second-order valence-electron chi connectivity index (χ2n) is 18.8. The zero-order valence-electron chi connectivity index (χ0n) is 38.5. The van der Waals surface area contributed by atoms with Gasteiger partial charge in [0.05, 0.1) is 5.70 Å². The van der Waals surface area contributed by atoms with Crippen LogP contribution < -0.4 is 0 Å². The molecule has 1 nitrogen and oxygen atoms in total. The van der Waals surface area contributed by atoms with E-state index in [0.29, 0.717) is 0 Å². The molecule has 10 aromatic carbocycles. The fourth-order valence-corrected chi connectivity index (χ4v) is 14.6. The van der Waals surface area contributed by atoms with E-state index in [9.17, 15) is 0 Å². The minimum Gasteiger partial charge on any atom is -0.252 e. The van der Waals surface area contributed by atoms with Gasteiger partial charge >= 0.3 is 0 Å². The summed E-state index contributed by atoms with van der Waals surface area (Å²) in [4.78, 5) is 5.78. The summed E-state index contributed by atoms with van der Waals surface area (Å²) in [7, 11) is 0. The molecule has 0 bridgehead atoms. The molecule has 0 spiro atoms. The molecule has 0 saturated heterocycles. The van der Waals surface area contributed by atoms with Crippen molar-refractivity contribution in [2.75, 3.05) is 0 Å². The molecule has 0 aliphatic carbocycles. The molecule has 332 valence electrons. The van der Waals surface area contributed by atoms with E-state index < -0.39 is 0 Å². The molecule has 2 atom stereocenters. The minimum absolute atomic E-state index is 0.0103. The Hall–Kier alpha value is -7.47. The normalized spacial score (nSPS) is 15.4. The fraction of sp³-hybridized carbons (Fsp3) is 0.0758. The molecule has 0 N–H and O–H groups in total. The van der Waals surface area contributed by atoms with Gasteiger partial charge in [-0.2, -0.15) is 0 Å². The Labute approximate surface area is 419 Å². The summed E-state index contributed by atoms with van der Waals surface area (Å²) >= 11 is 5.65. The second kappa shape index (κ2) is 16.9. The van der Waals surface area contributed by atoms with Crippen LogP contribution in [0.2, 0.25) is 0 Å². The monoisotopic (exact) mass is 947 g/mol. The van der Waals surface area contributed by atoms with E-state index in [-0.39, 0.29) is 11.8 Å². The number of thiophene rings is 3. The number of benzene rings is 10. The Bertz CT molecular complexity index is 4140. The molecule has 1 aliphatic rings. The van der Waals surface area contributed by atoms with E-state index in [1.54, 1.807) is 0 Å². The quantitative estimate of drug-likeness (QED) is 0.151. The largest absolute Gasteiger partial charge is 0.252 e. The third kappa shape index (κ3) is 6.96. The van der Waals surface area contributed by atoms with Gasteiger partial charge in [0.2, 0.25) is 0 Å². The van der Waals surface area contributed by atoms with Crippen molar-refractivity contribution < 1.29 is 0 Å². The summed E-state index contributed by atoms with van der Waals surface area (Å²) in [5.41, 5.74) is 13.4. The van der Waals surface area contributed by atoms with Gasteiger partial charge in [-0.25, -0.2) is 0 Å². The number of nitrogens with zero attached hydrogens (tertiary/aromatic N) is 1. The molecule has 0 amide bonds. The molecule has 4 heterocycles. The molecular formula is C66H45NS3. The van der Waals surface area contributed by atoms with E-state index in [2.05, 4.69) is 225 Å². The lowest BCUT2D eigenvalue weighted by Gasteiger charge is -2.29. The molecule has 70 heavy (non-hydrogen) atoms. The summed E-state index contributed by atoms with van der Waals surface area (Å²) in [6.07, 6.45) is 4.40. The van der Waals surface area contributed by atoms with Crippen LogP contribution in [0.1, 0.15) is 42.4 Å². The fourth-order valence-electron chi connectivity index (χ4n) is 11.4. The number of aliphatic imine (C=N–C) groups is 1. The number of allylic oxidation sites excluding steroid dienone is 1. The molecule has 0 radical (unpaired) electrons. The SMILES string of the molecule is CCC1CC(c2ccccc2)=NC(c2cccc3ccccc23)=CC1c1c(-c2ccc3sc4ccccc4c3c2)cc(-c2ccc3sc4ccccc4c3c2)cc1-c1ccc2sc3ccccc3c2c1. The van der Waals surface area contributed by atoms with Crippen molar-refractivity contribution in [1.29, 1.82) is 0 Å². The summed E-state index contributed by atoms with van der Waals surface area (Å²) in [6, 6.07) is 79.8. The summed E-state index contributed by atoms with van der Waals surface area (Å²) in [5, 5.41) is 10.3. The van der Waals surface area contributed by atoms with Crippen molar-refractivity contribution in [2.24, 2.45) is 10.9 Å². The minimum atomic E-state index is 0.0103. The van der Waals surface area contributed by atoms with E-state index in [1.807, 2.05) is 34.0 Å². The Balaban J connectivity index is 1.10. The van der Waals surface area contributed by atoms with E-state index >= 15 is 0 Å². The van der Waals surface area contributed by atoms with Crippen LogP contribution in [0.4, 0.5) is 0 Å². The van der Waals surface area contributed by atoms with Crippen molar-refractivity contribution in [3.63, 3.8) is 0 Å². The van der Waals surface area contributed by atoms with Gasteiger partial charge in [0.15, 0.2) is 0 Å². The zero-order chi connectivity index (χ0) is 46.3. The molecule has 0 fully saturated rings. The third-order valence-corrected chi connectivity index (χ3v) is 18.3. The van der Waals surface area contributed by atoms with Crippen LogP contribution in [0.15, 0.2) is 223 Å². The molecule has 0 saturated carbocycles. The standard InChI is InChI=1S/C66H45NS3/c1-2-40-38-58(42-16-4-3-5-17-42)67-59(48-23-14-18-41-15-6-7-19-47(41)48)39-54(40)66-52(44-28-31-64-56(34-44)50-21-9-12-25-61(50)69-64)36-46(43-27-30-63-55(33-43)49-20-8-11-24-60(49)68-63)37-53(66)45-29-32-65-57(35-45)51-22-10-13-26-62(51)70-65/h3-37,39-40,54H,2,38H2,1H3. The number of fused-ring (bicyclic) bond motifs is 10. The van der Waals surface area contributed by atoms with Gasteiger partial charge in [0.1, 0.15) is 0 Å². The average Bonchev–Trinajstić information content (AvgIpc) is 4.07. The van der Waals surface area contributed by atoms with Crippen molar-refractivity contribution in [1.82, 2.24) is 0 Å². The molecule has 2 unspecified atom stereocenters. The predicted octanol–water partition coefficient (Wildman–Crippen LogP) is 20.0. The first kappa shape index (κ1) is 41.5. The highest BCUT2D eigenvalue weighted by Crippen LogP contribution is 2.50. The average molecular weight is 948 g/mol. The van der Waals surface area contributed by atoms with Crippen LogP contribution in [-0.2, 0) is 0 Å². The van der Waals surface area contributed by atoms with Crippen LogP contribution in [0.3, 0.4) is 0 Å². The van der Waals surface area contributed by atoms with Gasteiger partial charge in [-0.1, -0.05) is 165 Å². The Morgan fingerprint density at radius 3 is 1.43 bits per heavy atom. The van der Waals surface area contributed by atoms with Crippen LogP contribution in [0.25, 0.3) is 110 Å². The van der Waals surface area contributed by atoms with Crippen molar-refractivity contribution in [3.8, 4) is 33.4 Å². The van der Waals surface area contributed by atoms with Crippen LogP contribution in [0.5, 0.6) is 0 Å². The van der Waals surface area contributed by atoms with Gasteiger partial charge in [-0.05, 0) is 134 Å². The maximum Gasteiger partial charge on any atom is 0.0678 e. The van der Waals surface area contributed by atoms with Gasteiger partial charge in [-0.3, -0.25) is 4.99 Å². The number of rotatable bonds is 7. The van der Waals surface area contributed by atoms with Gasteiger partial charge in [0, 0.05) is 77.7 Å². The van der Waals surface area contributed by atoms with Crippen molar-refractivity contribution >= 4 is 117 Å². The molecule has 3 aromatic heterocycles. The second-order valence-corrected chi connectivity index (χ2v) is 22.1. The topological polar surface area (TPSA) is 12.4 Å². The van der Waals surface area contributed by atoms with E-state index in [4.69, 9.17) is 4.99 Å². The highest BCUT2D eigenvalue weighted by Gasteiger charge is 2.32. The Kier molecular flexibility index (Phi) is 10.0. The van der Waals surface area contributed by atoms with E-state index in [0.717, 1.165) is 24.3 Å². The lowest BCUT2D eigenvalue weighted by Crippen LogP contribution is -2.16. The number of hydrogen-bond donors (Lipinski definition) is 0. The van der Waals surface area contributed by atoms with Gasteiger partial charge in [0.25, 0.3) is 0 Å². The molecule has 13 aromatic rings. The Morgan fingerprint density at radius 1 is 0.386 bits per heavy atom. The van der Waals surface area contributed by atoms with Crippen LogP contribution in [-0.4, -0.2) is 5.71 Å². The third-order valence-electron chi connectivity index (χ3n) is 14.9. The number of hydrogen-bond acceptors (Lipinski definition) is 4. The van der Waals surface area contributed by atoms with Crippen molar-refractivity contribution in [3.05, 3.63) is 235 Å². The molecular weight excluding hydrogens is 903 g/mol. The lowest BCUT2D eigenvalue weighted by atomic mass is 9.74. The summed E-state index contributed by atoms with van der Waals surface area (Å²) in [5.74, 6) is 0.260. The summed E-state index contributed by atoms with van der Waals surface area (Å²) < 4.78 is 7.90. The smallest absolute Gasteiger partial charge is 0.0678 e. The van der Waals surface area contributed by atoms with E-state index in [1.165, 1.54) is 121 Å². The first-order valence-corrected chi connectivity index (χ1v) is 26.8. The first-order valence-electron chi connectivity index (χ1n) is 24.4. The van der Waals surface area contributed by atoms with Crippen LogP contribution >= 0.6 is 34.0 Å². The lowest BCUT2D eigenvalue weighted by molar-refractivity contribution is 0.482. The maximum atomic E-state index is 5.78. The zero-order valence-corrected chi connectivity index (χ0v) is 41.0. The Morgan fingerprint density at radius 2 is 0.857 bits per heavy atom. The highest BCUT2D eigenvalue weighted by atomic mass is 32.1. The van der Waals surface area contributed by atoms with Crippen LogP contribution in [0, 0.1) is 5.92 Å². The van der Waals surface area contributed by atoms with Gasteiger partial charge < -0.3 is 0 Å². The highest BCUT2D eigenvalue weighted by molar-refractivity contribution is 7.26. The molecule has 4 heteroatoms. The molecule has 1 aliphatic heterocycles. The van der Waals surface area contributed by atoms with Gasteiger partial charge in [-0.15, -0.1) is 34.0 Å².